The van der Waals surface area contributed by atoms with Crippen molar-refractivity contribution < 1.29 is 0 Å². The van der Waals surface area contributed by atoms with Crippen LogP contribution in [0.3, 0.4) is 0 Å². The Bertz CT molecular complexity index is 115. The molecule has 0 amide bonds. The van der Waals surface area contributed by atoms with Gasteiger partial charge in [0, 0.05) is 12.8 Å². The molecule has 0 saturated heterocycles. The summed E-state index contributed by atoms with van der Waals surface area (Å²) in [5.74, 6) is 0. The van der Waals surface area contributed by atoms with Crippen molar-refractivity contribution in [2.75, 3.05) is 6.54 Å². The lowest BCUT2D eigenvalue weighted by molar-refractivity contribution is 0.999. The Labute approximate surface area is 44.6 Å². The molecule has 0 spiro atoms. The molecule has 1 heterocycles. The molecule has 0 saturated carbocycles. The Morgan fingerprint density at radius 3 is 2.86 bits per heavy atom. The fourth-order valence-electron chi connectivity index (χ4n) is 0.528. The van der Waals surface area contributed by atoms with E-state index in [9.17, 15) is 0 Å². The summed E-state index contributed by atoms with van der Waals surface area (Å²) in [6.07, 6.45) is 4.68. The van der Waals surface area contributed by atoms with E-state index in [1.54, 1.807) is 6.21 Å². The monoisotopic (exact) mass is 91.1 g/mol. The Hall–Kier alpha value is -0.525. The van der Waals surface area contributed by atoms with Crippen LogP contribution in [0.4, 0.5) is 0 Å². The highest BCUT2D eigenvalue weighted by molar-refractivity contribution is 6.32. The molecule has 1 rings (SSSR count). The molecule has 0 aliphatic carbocycles. The third kappa shape index (κ3) is 1.18. The summed E-state index contributed by atoms with van der Waals surface area (Å²) >= 11 is 0. The molecule has 0 aromatic heterocycles. The lowest BCUT2D eigenvalue weighted by atomic mass is 9.95. The highest BCUT2D eigenvalue weighted by Crippen LogP contribution is 1.94. The molecule has 0 aromatic carbocycles. The summed E-state index contributed by atoms with van der Waals surface area (Å²) in [5, 5.41) is 0. The quantitative estimate of drug-likeness (QED) is 0.385. The van der Waals surface area contributed by atoms with Crippen LogP contribution in [0.2, 0.25) is 0 Å². The predicted molar refractivity (Wildman–Crippen MR) is 31.8 cm³/mol. The minimum Gasteiger partial charge on any atom is -0.293 e. The normalized spacial score (nSPS) is 19.1. The third-order valence-corrected chi connectivity index (χ3v) is 0.879. The Balaban J connectivity index is 2.58. The SMILES string of the molecule is [B]C1=CCCN=C1. The van der Waals surface area contributed by atoms with Crippen molar-refractivity contribution in [2.24, 2.45) is 4.99 Å². The van der Waals surface area contributed by atoms with Gasteiger partial charge in [0.15, 0.2) is 0 Å². The number of aliphatic imine (C=N–C) groups is 1. The molecule has 0 aromatic rings. The lowest BCUT2D eigenvalue weighted by Crippen LogP contribution is -1.92. The minimum atomic E-state index is 0.797. The molecule has 1 nitrogen and oxygen atoms in total. The van der Waals surface area contributed by atoms with E-state index in [0.717, 1.165) is 18.4 Å². The van der Waals surface area contributed by atoms with Gasteiger partial charge >= 0.3 is 0 Å². The number of rotatable bonds is 0. The van der Waals surface area contributed by atoms with Gasteiger partial charge in [0.25, 0.3) is 0 Å². The number of allylic oxidation sites excluding steroid dienone is 1. The van der Waals surface area contributed by atoms with Gasteiger partial charge in [-0.05, 0) is 6.42 Å². The number of hydrogen-bond donors (Lipinski definition) is 0. The first-order valence-electron chi connectivity index (χ1n) is 2.35. The van der Waals surface area contributed by atoms with Crippen molar-refractivity contribution in [3.05, 3.63) is 11.5 Å². The van der Waals surface area contributed by atoms with Crippen LogP contribution in [0.5, 0.6) is 0 Å². The highest BCUT2D eigenvalue weighted by Gasteiger charge is 1.86. The Morgan fingerprint density at radius 2 is 2.57 bits per heavy atom. The van der Waals surface area contributed by atoms with Gasteiger partial charge in [-0.25, -0.2) is 0 Å². The second-order valence-electron chi connectivity index (χ2n) is 1.53. The second kappa shape index (κ2) is 1.96. The first kappa shape index (κ1) is 4.63. The van der Waals surface area contributed by atoms with E-state index >= 15 is 0 Å². The summed E-state index contributed by atoms with van der Waals surface area (Å²) in [5.41, 5.74) is 0.797. The third-order valence-electron chi connectivity index (χ3n) is 0.879. The molecule has 1 aliphatic heterocycles. The van der Waals surface area contributed by atoms with E-state index in [1.807, 2.05) is 6.08 Å². The van der Waals surface area contributed by atoms with Crippen molar-refractivity contribution in [1.29, 1.82) is 0 Å². The number of hydrogen-bond acceptors (Lipinski definition) is 1. The molecule has 2 radical (unpaired) electrons. The zero-order chi connectivity index (χ0) is 5.11. The van der Waals surface area contributed by atoms with E-state index in [4.69, 9.17) is 7.85 Å². The van der Waals surface area contributed by atoms with Crippen LogP contribution in [0.25, 0.3) is 0 Å². The summed E-state index contributed by atoms with van der Waals surface area (Å²) in [6, 6.07) is 0. The maximum Gasteiger partial charge on any atom is 0.115 e. The fraction of sp³-hybridized carbons (Fsp3) is 0.400. The molecule has 0 fully saturated rings. The van der Waals surface area contributed by atoms with Crippen LogP contribution < -0.4 is 0 Å². The molecule has 0 N–H and O–H groups in total. The van der Waals surface area contributed by atoms with Crippen LogP contribution in [-0.4, -0.2) is 20.6 Å². The molecule has 7 heavy (non-hydrogen) atoms. The summed E-state index contributed by atoms with van der Waals surface area (Å²) in [6.45, 7) is 0.903. The van der Waals surface area contributed by atoms with E-state index in [1.165, 1.54) is 0 Å². The van der Waals surface area contributed by atoms with Gasteiger partial charge in [-0.1, -0.05) is 11.5 Å². The van der Waals surface area contributed by atoms with Crippen LogP contribution in [0.15, 0.2) is 16.5 Å². The van der Waals surface area contributed by atoms with Crippen molar-refractivity contribution in [2.45, 2.75) is 6.42 Å². The molecule has 34 valence electrons. The topological polar surface area (TPSA) is 12.4 Å². The molecule has 0 bridgehead atoms. The zero-order valence-corrected chi connectivity index (χ0v) is 4.09. The molecular weight excluding hydrogens is 84.9 g/mol. The zero-order valence-electron chi connectivity index (χ0n) is 4.09. The van der Waals surface area contributed by atoms with Crippen molar-refractivity contribution in [1.82, 2.24) is 0 Å². The van der Waals surface area contributed by atoms with Crippen molar-refractivity contribution >= 4 is 14.1 Å². The molecule has 0 unspecified atom stereocenters. The number of dihydropyridines is 1. The van der Waals surface area contributed by atoms with Gasteiger partial charge in [-0.2, -0.15) is 0 Å². The van der Waals surface area contributed by atoms with Gasteiger partial charge in [-0.15, -0.1) is 0 Å². The van der Waals surface area contributed by atoms with E-state index in [0.29, 0.717) is 0 Å². The smallest absolute Gasteiger partial charge is 0.115 e. The summed E-state index contributed by atoms with van der Waals surface area (Å²) < 4.78 is 0. The lowest BCUT2D eigenvalue weighted by Gasteiger charge is -1.97. The van der Waals surface area contributed by atoms with Crippen LogP contribution >= 0.6 is 0 Å². The van der Waals surface area contributed by atoms with E-state index < -0.39 is 0 Å². The largest absolute Gasteiger partial charge is 0.293 e. The van der Waals surface area contributed by atoms with Crippen molar-refractivity contribution in [3.8, 4) is 0 Å². The van der Waals surface area contributed by atoms with Gasteiger partial charge in [0.05, 0.1) is 0 Å². The van der Waals surface area contributed by atoms with Crippen LogP contribution in [0, 0.1) is 0 Å². The van der Waals surface area contributed by atoms with Gasteiger partial charge in [0.2, 0.25) is 0 Å². The maximum atomic E-state index is 5.35. The molecule has 2 heteroatoms. The minimum absolute atomic E-state index is 0.797. The maximum absolute atomic E-state index is 5.35. The Kier molecular flexibility index (Phi) is 1.30. The molecule has 0 atom stereocenters. The number of nitrogens with zero attached hydrogens (tertiary/aromatic N) is 1. The second-order valence-corrected chi connectivity index (χ2v) is 1.53. The first-order chi connectivity index (χ1) is 3.39. The highest BCUT2D eigenvalue weighted by atomic mass is 14.7. The molecular formula is C5H6BN. The van der Waals surface area contributed by atoms with E-state index in [-0.39, 0.29) is 0 Å². The predicted octanol–water partition coefficient (Wildman–Crippen LogP) is 0.513. The average molecular weight is 90.9 g/mol. The first-order valence-corrected chi connectivity index (χ1v) is 2.35. The summed E-state index contributed by atoms with van der Waals surface area (Å²) in [7, 11) is 5.35. The molecule has 1 aliphatic rings. The fourth-order valence-corrected chi connectivity index (χ4v) is 0.528. The van der Waals surface area contributed by atoms with E-state index in [2.05, 4.69) is 4.99 Å². The Morgan fingerprint density at radius 1 is 1.71 bits per heavy atom. The summed E-state index contributed by atoms with van der Waals surface area (Å²) in [4.78, 5) is 3.94. The van der Waals surface area contributed by atoms with Gasteiger partial charge < -0.3 is 0 Å². The van der Waals surface area contributed by atoms with Crippen LogP contribution in [0.1, 0.15) is 6.42 Å². The van der Waals surface area contributed by atoms with Gasteiger partial charge in [-0.3, -0.25) is 4.99 Å². The van der Waals surface area contributed by atoms with Crippen LogP contribution in [-0.2, 0) is 0 Å². The van der Waals surface area contributed by atoms with Crippen molar-refractivity contribution in [3.63, 3.8) is 0 Å². The standard InChI is InChI=1S/C5H6BN/c6-5-2-1-3-7-4-5/h2,4H,1,3H2. The van der Waals surface area contributed by atoms with Gasteiger partial charge in [0.1, 0.15) is 7.85 Å². The average Bonchev–Trinajstić information content (AvgIpc) is 1.69.